The third-order valence-electron chi connectivity index (χ3n) is 3.98. The molecule has 2 aromatic heterocycles. The quantitative estimate of drug-likeness (QED) is 0.467. The molecule has 136 valence electrons. The minimum Gasteiger partial charge on any atom is -0.419 e. The molecular weight excluding hydrogens is 410 g/mol. The summed E-state index contributed by atoms with van der Waals surface area (Å²) in [5, 5.41) is 16.8. The number of hydrogen-bond acceptors (Lipinski definition) is 6. The molecular formula is C19H16BrN5O2. The van der Waals surface area contributed by atoms with Gasteiger partial charge in [0.2, 0.25) is 5.89 Å². The summed E-state index contributed by atoms with van der Waals surface area (Å²) in [5.74, 6) is 0.856. The van der Waals surface area contributed by atoms with E-state index in [0.717, 1.165) is 21.4 Å². The predicted molar refractivity (Wildman–Crippen MR) is 102 cm³/mol. The maximum Gasteiger partial charge on any atom is 0.270 e. The minimum absolute atomic E-state index is 0.314. The van der Waals surface area contributed by atoms with Crippen molar-refractivity contribution < 1.29 is 9.15 Å². The predicted octanol–water partition coefficient (Wildman–Crippen LogP) is 3.82. The van der Waals surface area contributed by atoms with Crippen LogP contribution in [0.25, 0.3) is 17.3 Å². The van der Waals surface area contributed by atoms with Crippen LogP contribution in [0.5, 0.6) is 0 Å². The molecule has 0 amide bonds. The fraction of sp³-hybridized carbons (Fsp3) is 0.158. The van der Waals surface area contributed by atoms with Crippen LogP contribution in [0, 0.1) is 0 Å². The molecule has 27 heavy (non-hydrogen) atoms. The van der Waals surface area contributed by atoms with Crippen molar-refractivity contribution in [2.75, 3.05) is 7.11 Å². The number of aromatic nitrogens is 5. The van der Waals surface area contributed by atoms with Crippen LogP contribution in [0.1, 0.15) is 17.1 Å². The van der Waals surface area contributed by atoms with E-state index in [1.807, 2.05) is 54.6 Å². The average molecular weight is 426 g/mol. The highest BCUT2D eigenvalue weighted by atomic mass is 79.9. The highest BCUT2D eigenvalue weighted by Gasteiger charge is 2.21. The zero-order valence-corrected chi connectivity index (χ0v) is 16.1. The van der Waals surface area contributed by atoms with Gasteiger partial charge in [-0.05, 0) is 29.8 Å². The smallest absolute Gasteiger partial charge is 0.270 e. The van der Waals surface area contributed by atoms with Crippen LogP contribution < -0.4 is 0 Å². The van der Waals surface area contributed by atoms with Crippen molar-refractivity contribution in [2.24, 2.45) is 0 Å². The maximum atomic E-state index is 5.83. The summed E-state index contributed by atoms with van der Waals surface area (Å²) in [4.78, 5) is 0. The average Bonchev–Trinajstić information content (AvgIpc) is 3.31. The van der Waals surface area contributed by atoms with Gasteiger partial charge in [0.05, 0.1) is 18.7 Å². The van der Waals surface area contributed by atoms with Crippen molar-refractivity contribution in [3.63, 3.8) is 0 Å². The van der Waals surface area contributed by atoms with Crippen LogP contribution in [0.3, 0.4) is 0 Å². The van der Waals surface area contributed by atoms with Crippen molar-refractivity contribution >= 4 is 15.9 Å². The molecule has 8 heteroatoms. The minimum atomic E-state index is 0.314. The molecule has 0 aliphatic heterocycles. The Morgan fingerprint density at radius 1 is 1.00 bits per heavy atom. The summed E-state index contributed by atoms with van der Waals surface area (Å²) in [7, 11) is 1.62. The van der Waals surface area contributed by atoms with Gasteiger partial charge in [0.15, 0.2) is 5.69 Å². The van der Waals surface area contributed by atoms with E-state index in [-0.39, 0.29) is 0 Å². The Labute approximate surface area is 164 Å². The normalized spacial score (nSPS) is 11.0. The number of halogens is 1. The number of benzene rings is 2. The second kappa shape index (κ2) is 7.81. The number of rotatable bonds is 6. The monoisotopic (exact) mass is 425 g/mol. The fourth-order valence-electron chi connectivity index (χ4n) is 2.71. The molecule has 0 saturated carbocycles. The van der Waals surface area contributed by atoms with Crippen molar-refractivity contribution in [2.45, 2.75) is 13.0 Å². The van der Waals surface area contributed by atoms with Gasteiger partial charge in [-0.15, -0.1) is 15.3 Å². The molecule has 0 aliphatic rings. The number of ether oxygens (including phenoxy) is 1. The second-order valence-electron chi connectivity index (χ2n) is 5.87. The fourth-order valence-corrected chi connectivity index (χ4v) is 2.98. The van der Waals surface area contributed by atoms with Gasteiger partial charge in [0.1, 0.15) is 5.69 Å². The van der Waals surface area contributed by atoms with Gasteiger partial charge in [0, 0.05) is 11.6 Å². The lowest BCUT2D eigenvalue weighted by atomic mass is 10.2. The number of nitrogens with zero attached hydrogens (tertiary/aromatic N) is 5. The van der Waals surface area contributed by atoms with Gasteiger partial charge in [-0.1, -0.05) is 51.5 Å². The third kappa shape index (κ3) is 3.81. The Bertz CT molecular complexity index is 1030. The van der Waals surface area contributed by atoms with Crippen LogP contribution in [0.2, 0.25) is 0 Å². The lowest BCUT2D eigenvalue weighted by molar-refractivity contribution is 0.179. The van der Waals surface area contributed by atoms with E-state index in [1.54, 1.807) is 11.8 Å². The van der Waals surface area contributed by atoms with E-state index in [4.69, 9.17) is 9.15 Å². The van der Waals surface area contributed by atoms with Crippen LogP contribution in [0.4, 0.5) is 0 Å². The Morgan fingerprint density at radius 2 is 1.78 bits per heavy atom. The number of hydrogen-bond donors (Lipinski definition) is 0. The standard InChI is InChI=1S/C19H16BrN5O2/c1-26-12-16-18(22-24-25(16)15-9-7-14(20)8-10-15)19-23-21-17(27-19)11-13-5-3-2-4-6-13/h2-10H,11-12H2,1H3. The Hall–Kier alpha value is -2.84. The summed E-state index contributed by atoms with van der Waals surface area (Å²) in [6.45, 7) is 0.314. The Balaban J connectivity index is 1.67. The highest BCUT2D eigenvalue weighted by molar-refractivity contribution is 9.10. The van der Waals surface area contributed by atoms with E-state index in [0.29, 0.717) is 30.5 Å². The molecule has 0 unspecified atom stereocenters. The first-order valence-corrected chi connectivity index (χ1v) is 9.10. The van der Waals surface area contributed by atoms with Gasteiger partial charge < -0.3 is 9.15 Å². The molecule has 0 radical (unpaired) electrons. The molecule has 4 rings (SSSR count). The van der Waals surface area contributed by atoms with Crippen molar-refractivity contribution in [3.8, 4) is 17.3 Å². The van der Waals surface area contributed by atoms with Crippen LogP contribution in [-0.4, -0.2) is 32.3 Å². The van der Waals surface area contributed by atoms with E-state index in [1.165, 1.54) is 0 Å². The topological polar surface area (TPSA) is 78.9 Å². The first kappa shape index (κ1) is 17.6. The molecule has 0 atom stereocenters. The molecule has 7 nitrogen and oxygen atoms in total. The van der Waals surface area contributed by atoms with Gasteiger partial charge in [0.25, 0.3) is 5.89 Å². The largest absolute Gasteiger partial charge is 0.419 e. The molecule has 0 bridgehead atoms. The zero-order chi connectivity index (χ0) is 18.6. The van der Waals surface area contributed by atoms with Gasteiger partial charge in [-0.3, -0.25) is 0 Å². The molecule has 4 aromatic rings. The maximum absolute atomic E-state index is 5.83. The molecule has 0 N–H and O–H groups in total. The van der Waals surface area contributed by atoms with E-state index < -0.39 is 0 Å². The Morgan fingerprint density at radius 3 is 2.52 bits per heavy atom. The summed E-state index contributed by atoms with van der Waals surface area (Å²) < 4.78 is 13.9. The molecule has 0 spiro atoms. The van der Waals surface area contributed by atoms with Crippen molar-refractivity contribution in [3.05, 3.63) is 76.2 Å². The zero-order valence-electron chi connectivity index (χ0n) is 14.5. The van der Waals surface area contributed by atoms with Gasteiger partial charge in [-0.2, -0.15) is 0 Å². The summed E-state index contributed by atoms with van der Waals surface area (Å²) in [5.41, 5.74) is 3.23. The summed E-state index contributed by atoms with van der Waals surface area (Å²) in [6, 6.07) is 17.7. The lowest BCUT2D eigenvalue weighted by Crippen LogP contribution is -2.04. The first-order chi connectivity index (χ1) is 13.2. The molecule has 0 aliphatic carbocycles. The Kier molecular flexibility index (Phi) is 5.08. The molecule has 0 fully saturated rings. The van der Waals surface area contributed by atoms with Crippen molar-refractivity contribution in [1.82, 2.24) is 25.2 Å². The van der Waals surface area contributed by atoms with E-state index in [2.05, 4.69) is 36.4 Å². The summed E-state index contributed by atoms with van der Waals surface area (Å²) >= 11 is 3.44. The van der Waals surface area contributed by atoms with E-state index in [9.17, 15) is 0 Å². The summed E-state index contributed by atoms with van der Waals surface area (Å²) in [6.07, 6.45) is 0.564. The lowest BCUT2D eigenvalue weighted by Gasteiger charge is -2.06. The molecule has 2 aromatic carbocycles. The van der Waals surface area contributed by atoms with Gasteiger partial charge >= 0.3 is 0 Å². The van der Waals surface area contributed by atoms with E-state index >= 15 is 0 Å². The van der Waals surface area contributed by atoms with Crippen LogP contribution in [-0.2, 0) is 17.8 Å². The molecule has 2 heterocycles. The SMILES string of the molecule is COCc1c(-c2nnc(Cc3ccccc3)o2)nnn1-c1ccc(Br)cc1. The van der Waals surface area contributed by atoms with Crippen molar-refractivity contribution in [1.29, 1.82) is 0 Å². The van der Waals surface area contributed by atoms with Crippen LogP contribution >= 0.6 is 15.9 Å². The van der Waals surface area contributed by atoms with Gasteiger partial charge in [-0.25, -0.2) is 4.68 Å². The molecule has 0 saturated heterocycles. The van der Waals surface area contributed by atoms with Crippen LogP contribution in [0.15, 0.2) is 63.5 Å². The third-order valence-corrected chi connectivity index (χ3v) is 4.51. The highest BCUT2D eigenvalue weighted by Crippen LogP contribution is 2.24. The second-order valence-corrected chi connectivity index (χ2v) is 6.78. The first-order valence-electron chi connectivity index (χ1n) is 8.30. The number of methoxy groups -OCH3 is 1.